The van der Waals surface area contributed by atoms with E-state index in [1.165, 1.54) is 19.3 Å². The van der Waals surface area contributed by atoms with Crippen LogP contribution in [-0.2, 0) is 4.74 Å². The van der Waals surface area contributed by atoms with E-state index in [2.05, 4.69) is 10.00 Å². The monoisotopic (exact) mass is 236 g/mol. The fraction of sp³-hybridized carbons (Fsp3) is 0.750. The molecule has 2 atom stereocenters. The Morgan fingerprint density at radius 2 is 2.00 bits per heavy atom. The van der Waals surface area contributed by atoms with Crippen LogP contribution in [0.3, 0.4) is 0 Å². The zero-order chi connectivity index (χ0) is 11.7. The summed E-state index contributed by atoms with van der Waals surface area (Å²) in [6.45, 7) is 3.93. The van der Waals surface area contributed by atoms with Gasteiger partial charge in [0.15, 0.2) is 0 Å². The topological polar surface area (TPSA) is 56.3 Å². The lowest BCUT2D eigenvalue weighted by atomic mass is 10.2. The molecule has 5 nitrogen and oxygen atoms in total. The molecule has 0 amide bonds. The van der Waals surface area contributed by atoms with Gasteiger partial charge in [-0.1, -0.05) is 0 Å². The van der Waals surface area contributed by atoms with E-state index in [-0.39, 0.29) is 0 Å². The molecule has 2 aliphatic rings. The Morgan fingerprint density at radius 3 is 2.71 bits per heavy atom. The second-order valence-electron chi connectivity index (χ2n) is 5.02. The molecule has 2 N–H and O–H groups in total. The molecular formula is C12H20N4O. The van der Waals surface area contributed by atoms with E-state index in [0.29, 0.717) is 12.1 Å². The molecule has 0 spiro atoms. The van der Waals surface area contributed by atoms with Gasteiger partial charge in [-0.3, -0.25) is 9.58 Å². The Morgan fingerprint density at radius 1 is 1.24 bits per heavy atom. The van der Waals surface area contributed by atoms with E-state index < -0.39 is 0 Å². The highest BCUT2D eigenvalue weighted by Crippen LogP contribution is 2.33. The van der Waals surface area contributed by atoms with E-state index in [1.54, 1.807) is 6.20 Å². The van der Waals surface area contributed by atoms with Crippen molar-refractivity contribution in [1.82, 2.24) is 14.7 Å². The van der Waals surface area contributed by atoms with E-state index in [4.69, 9.17) is 10.5 Å². The van der Waals surface area contributed by atoms with E-state index >= 15 is 0 Å². The van der Waals surface area contributed by atoms with Gasteiger partial charge in [-0.05, 0) is 19.3 Å². The van der Waals surface area contributed by atoms with E-state index in [0.717, 1.165) is 32.0 Å². The molecule has 0 aromatic carbocycles. The molecule has 1 aliphatic carbocycles. The number of nitrogens with two attached hydrogens (primary N) is 1. The number of nitrogens with zero attached hydrogens (tertiary/aromatic N) is 3. The summed E-state index contributed by atoms with van der Waals surface area (Å²) >= 11 is 0. The largest absolute Gasteiger partial charge is 0.396 e. The Labute approximate surface area is 102 Å². The van der Waals surface area contributed by atoms with Gasteiger partial charge in [-0.2, -0.15) is 5.10 Å². The van der Waals surface area contributed by atoms with Crippen LogP contribution in [0.5, 0.6) is 0 Å². The lowest BCUT2D eigenvalue weighted by Gasteiger charge is -2.32. The fourth-order valence-corrected chi connectivity index (χ4v) is 3.00. The van der Waals surface area contributed by atoms with Gasteiger partial charge in [0.05, 0.1) is 31.1 Å². The summed E-state index contributed by atoms with van der Waals surface area (Å²) in [6.07, 6.45) is 7.36. The van der Waals surface area contributed by atoms with Crippen LogP contribution in [0.4, 0.5) is 5.69 Å². The molecule has 2 fully saturated rings. The molecule has 2 unspecified atom stereocenters. The van der Waals surface area contributed by atoms with E-state index in [1.807, 2.05) is 10.9 Å². The summed E-state index contributed by atoms with van der Waals surface area (Å²) in [7, 11) is 0. The molecule has 17 heavy (non-hydrogen) atoms. The van der Waals surface area contributed by atoms with Crippen molar-refractivity contribution in [3.05, 3.63) is 12.4 Å². The van der Waals surface area contributed by atoms with Crippen molar-refractivity contribution in [2.24, 2.45) is 0 Å². The lowest BCUT2D eigenvalue weighted by Crippen LogP contribution is -2.42. The zero-order valence-corrected chi connectivity index (χ0v) is 10.1. The van der Waals surface area contributed by atoms with E-state index in [9.17, 15) is 0 Å². The Hall–Kier alpha value is -1.07. The molecule has 1 aliphatic heterocycles. The highest BCUT2D eigenvalue weighted by Gasteiger charge is 2.31. The summed E-state index contributed by atoms with van der Waals surface area (Å²) in [5.41, 5.74) is 6.48. The molecule has 1 aromatic rings. The molecule has 1 saturated carbocycles. The third-order valence-electron chi connectivity index (χ3n) is 3.93. The van der Waals surface area contributed by atoms with Crippen LogP contribution in [-0.4, -0.2) is 47.0 Å². The average molecular weight is 236 g/mol. The fourth-order valence-electron chi connectivity index (χ4n) is 3.00. The minimum atomic E-state index is 0.528. The van der Waals surface area contributed by atoms with Gasteiger partial charge in [0.1, 0.15) is 0 Å². The number of morpholine rings is 1. The summed E-state index contributed by atoms with van der Waals surface area (Å²) in [4.78, 5) is 2.57. The Bertz CT molecular complexity index is 372. The number of hydrogen-bond donors (Lipinski definition) is 1. The molecule has 1 aromatic heterocycles. The van der Waals surface area contributed by atoms with Crippen molar-refractivity contribution in [3.8, 4) is 0 Å². The zero-order valence-electron chi connectivity index (χ0n) is 10.1. The van der Waals surface area contributed by atoms with Crippen LogP contribution in [0.15, 0.2) is 12.4 Å². The first-order chi connectivity index (χ1) is 8.33. The number of ether oxygens (including phenoxy) is 1. The highest BCUT2D eigenvalue weighted by molar-refractivity contribution is 5.30. The summed E-state index contributed by atoms with van der Waals surface area (Å²) < 4.78 is 7.44. The molecule has 2 heterocycles. The quantitative estimate of drug-likeness (QED) is 0.828. The Balaban J connectivity index is 1.61. The molecule has 94 valence electrons. The third kappa shape index (κ3) is 2.30. The highest BCUT2D eigenvalue weighted by atomic mass is 16.5. The van der Waals surface area contributed by atoms with Crippen molar-refractivity contribution in [3.63, 3.8) is 0 Å². The third-order valence-corrected chi connectivity index (χ3v) is 3.93. The average Bonchev–Trinajstić information content (AvgIpc) is 2.98. The van der Waals surface area contributed by atoms with Crippen LogP contribution < -0.4 is 5.73 Å². The maximum Gasteiger partial charge on any atom is 0.0719 e. The number of hydrogen-bond acceptors (Lipinski definition) is 4. The number of aromatic nitrogens is 2. The van der Waals surface area contributed by atoms with Crippen LogP contribution in [0.25, 0.3) is 0 Å². The van der Waals surface area contributed by atoms with Crippen molar-refractivity contribution < 1.29 is 4.74 Å². The SMILES string of the molecule is Nc1cnn(C2CCC(N3CCOCC3)C2)c1. The first-order valence-corrected chi connectivity index (χ1v) is 6.44. The number of nitrogen functional groups attached to an aromatic ring is 1. The molecular weight excluding hydrogens is 216 g/mol. The summed E-state index contributed by atoms with van der Waals surface area (Å²) in [5, 5.41) is 4.33. The van der Waals surface area contributed by atoms with Crippen LogP contribution in [0, 0.1) is 0 Å². The van der Waals surface area contributed by atoms with Gasteiger partial charge in [0.25, 0.3) is 0 Å². The predicted octanol–water partition coefficient (Wildman–Crippen LogP) is 0.891. The van der Waals surface area contributed by atoms with Crippen molar-refractivity contribution >= 4 is 5.69 Å². The molecule has 1 saturated heterocycles. The predicted molar refractivity (Wildman–Crippen MR) is 65.7 cm³/mol. The second-order valence-corrected chi connectivity index (χ2v) is 5.02. The lowest BCUT2D eigenvalue weighted by molar-refractivity contribution is 0.0172. The normalized spacial score (nSPS) is 30.8. The smallest absolute Gasteiger partial charge is 0.0719 e. The van der Waals surface area contributed by atoms with Gasteiger partial charge in [-0.15, -0.1) is 0 Å². The van der Waals surface area contributed by atoms with Gasteiger partial charge in [0.2, 0.25) is 0 Å². The maximum absolute atomic E-state index is 5.71. The minimum Gasteiger partial charge on any atom is -0.396 e. The number of rotatable bonds is 2. The molecule has 0 radical (unpaired) electrons. The summed E-state index contributed by atoms with van der Waals surface area (Å²) in [6, 6.07) is 1.23. The maximum atomic E-state index is 5.71. The first-order valence-electron chi connectivity index (χ1n) is 6.44. The van der Waals surface area contributed by atoms with Gasteiger partial charge in [-0.25, -0.2) is 0 Å². The summed E-state index contributed by atoms with van der Waals surface area (Å²) in [5.74, 6) is 0. The molecule has 5 heteroatoms. The van der Waals surface area contributed by atoms with Crippen molar-refractivity contribution in [1.29, 1.82) is 0 Å². The second kappa shape index (κ2) is 4.66. The van der Waals surface area contributed by atoms with Gasteiger partial charge >= 0.3 is 0 Å². The first kappa shape index (κ1) is 11.0. The van der Waals surface area contributed by atoms with Crippen LogP contribution >= 0.6 is 0 Å². The van der Waals surface area contributed by atoms with Crippen molar-refractivity contribution in [2.75, 3.05) is 32.0 Å². The minimum absolute atomic E-state index is 0.528. The molecule has 3 rings (SSSR count). The standard InChI is InChI=1S/C12H20N4O/c13-10-8-14-16(9-10)12-2-1-11(7-12)15-3-5-17-6-4-15/h8-9,11-12H,1-7,13H2. The number of anilines is 1. The molecule has 0 bridgehead atoms. The van der Waals surface area contributed by atoms with Crippen LogP contribution in [0.1, 0.15) is 25.3 Å². The van der Waals surface area contributed by atoms with Gasteiger partial charge in [0, 0.05) is 25.3 Å². The van der Waals surface area contributed by atoms with Crippen molar-refractivity contribution in [2.45, 2.75) is 31.3 Å². The van der Waals surface area contributed by atoms with Crippen LogP contribution in [0.2, 0.25) is 0 Å². The van der Waals surface area contributed by atoms with Gasteiger partial charge < -0.3 is 10.5 Å². The Kier molecular flexibility index (Phi) is 3.03.